The number of hydrogen-bond donors (Lipinski definition) is 0. The van der Waals surface area contributed by atoms with Crippen LogP contribution in [0.25, 0.3) is 0 Å². The molecule has 0 aliphatic carbocycles. The fourth-order valence-corrected chi connectivity index (χ4v) is 3.45. The molecule has 0 spiro atoms. The van der Waals surface area contributed by atoms with Crippen molar-refractivity contribution in [3.63, 3.8) is 0 Å². The Labute approximate surface area is 109 Å². The first-order valence-corrected chi connectivity index (χ1v) is 7.19. The largest absolute Gasteiger partial charge is 0.444 e. The maximum absolute atomic E-state index is 12.3. The van der Waals surface area contributed by atoms with Crippen molar-refractivity contribution in [2.24, 2.45) is 5.92 Å². The lowest BCUT2D eigenvalue weighted by Gasteiger charge is -2.37. The van der Waals surface area contributed by atoms with E-state index >= 15 is 0 Å². The number of carbonyl (C=O) groups excluding carboxylic acids is 1. The topological polar surface area (TPSA) is 29.5 Å². The van der Waals surface area contributed by atoms with Crippen LogP contribution >= 0.6 is 11.8 Å². The summed E-state index contributed by atoms with van der Waals surface area (Å²) in [5.41, 5.74) is -0.429. The summed E-state index contributed by atoms with van der Waals surface area (Å²) < 4.78 is 5.51. The standard InChI is InChI=1S/C13H25NO2S/c1-9(2)10-8-17-13(6,7)14(10)11(15)16-12(3,4)5/h9-10H,8H2,1-7H3/t10-/m1/s1. The number of rotatable bonds is 1. The van der Waals surface area contributed by atoms with Crippen molar-refractivity contribution in [3.05, 3.63) is 0 Å². The van der Waals surface area contributed by atoms with Gasteiger partial charge in [-0.2, -0.15) is 0 Å². The Morgan fingerprint density at radius 2 is 1.94 bits per heavy atom. The zero-order valence-corrected chi connectivity index (χ0v) is 12.9. The van der Waals surface area contributed by atoms with E-state index in [9.17, 15) is 4.79 Å². The summed E-state index contributed by atoms with van der Waals surface area (Å²) in [6.07, 6.45) is -0.189. The van der Waals surface area contributed by atoms with E-state index in [2.05, 4.69) is 27.7 Å². The van der Waals surface area contributed by atoms with Gasteiger partial charge in [-0.05, 0) is 40.5 Å². The minimum absolute atomic E-state index is 0.169. The smallest absolute Gasteiger partial charge is 0.411 e. The lowest BCUT2D eigenvalue weighted by Crippen LogP contribution is -2.50. The van der Waals surface area contributed by atoms with Gasteiger partial charge in [-0.1, -0.05) is 13.8 Å². The monoisotopic (exact) mass is 259 g/mol. The van der Waals surface area contributed by atoms with E-state index in [4.69, 9.17) is 4.74 Å². The van der Waals surface area contributed by atoms with Gasteiger partial charge in [0.1, 0.15) is 5.60 Å². The second kappa shape index (κ2) is 4.71. The Hall–Kier alpha value is -0.380. The molecule has 1 saturated heterocycles. The van der Waals surface area contributed by atoms with Crippen LogP contribution in [0.3, 0.4) is 0 Å². The van der Waals surface area contributed by atoms with Gasteiger partial charge in [-0.15, -0.1) is 11.8 Å². The second-order valence-electron chi connectivity index (χ2n) is 6.42. The SMILES string of the molecule is CC(C)[C@H]1CSC(C)(C)N1C(=O)OC(C)(C)C. The van der Waals surface area contributed by atoms with Crippen LogP contribution < -0.4 is 0 Å². The van der Waals surface area contributed by atoms with Crippen LogP contribution in [0.1, 0.15) is 48.5 Å². The van der Waals surface area contributed by atoms with Crippen LogP contribution in [0.15, 0.2) is 0 Å². The molecule has 4 heteroatoms. The molecule has 1 amide bonds. The van der Waals surface area contributed by atoms with Crippen molar-refractivity contribution in [3.8, 4) is 0 Å². The molecular weight excluding hydrogens is 234 g/mol. The zero-order valence-electron chi connectivity index (χ0n) is 12.0. The van der Waals surface area contributed by atoms with E-state index < -0.39 is 5.60 Å². The quantitative estimate of drug-likeness (QED) is 0.718. The molecular formula is C13H25NO2S. The van der Waals surface area contributed by atoms with Gasteiger partial charge < -0.3 is 4.74 Å². The maximum Gasteiger partial charge on any atom is 0.411 e. The lowest BCUT2D eigenvalue weighted by molar-refractivity contribution is 0.00509. The summed E-state index contributed by atoms with van der Waals surface area (Å²) in [5, 5.41) is 0. The minimum Gasteiger partial charge on any atom is -0.444 e. The third-order valence-corrected chi connectivity index (χ3v) is 4.29. The molecule has 17 heavy (non-hydrogen) atoms. The number of thioether (sulfide) groups is 1. The van der Waals surface area contributed by atoms with Crippen molar-refractivity contribution in [1.82, 2.24) is 4.90 Å². The van der Waals surface area contributed by atoms with Crippen molar-refractivity contribution in [1.29, 1.82) is 0 Å². The maximum atomic E-state index is 12.3. The van der Waals surface area contributed by atoms with E-state index in [1.165, 1.54) is 0 Å². The molecule has 1 atom stereocenters. The van der Waals surface area contributed by atoms with Gasteiger partial charge in [0.25, 0.3) is 0 Å². The predicted molar refractivity (Wildman–Crippen MR) is 73.2 cm³/mol. The lowest BCUT2D eigenvalue weighted by atomic mass is 10.0. The molecule has 0 N–H and O–H groups in total. The highest BCUT2D eigenvalue weighted by atomic mass is 32.2. The summed E-state index contributed by atoms with van der Waals surface area (Å²) in [7, 11) is 0. The van der Waals surface area contributed by atoms with E-state index in [-0.39, 0.29) is 17.0 Å². The summed E-state index contributed by atoms with van der Waals surface area (Å²) in [4.78, 5) is 14.0. The first kappa shape index (κ1) is 14.7. The summed E-state index contributed by atoms with van der Waals surface area (Å²) in [5.74, 6) is 1.45. The molecule has 0 aromatic heterocycles. The fraction of sp³-hybridized carbons (Fsp3) is 0.923. The van der Waals surface area contributed by atoms with Crippen LogP contribution in [0.2, 0.25) is 0 Å². The van der Waals surface area contributed by atoms with Gasteiger partial charge in [-0.3, -0.25) is 4.90 Å². The van der Waals surface area contributed by atoms with Gasteiger partial charge in [0.2, 0.25) is 0 Å². The second-order valence-corrected chi connectivity index (χ2v) is 8.04. The molecule has 3 nitrogen and oxygen atoms in total. The van der Waals surface area contributed by atoms with E-state index in [1.807, 2.05) is 37.4 Å². The van der Waals surface area contributed by atoms with Crippen molar-refractivity contribution < 1.29 is 9.53 Å². The molecule has 0 radical (unpaired) electrons. The number of ether oxygens (including phenoxy) is 1. The first-order chi connectivity index (χ1) is 7.54. The van der Waals surface area contributed by atoms with Crippen LogP contribution in [0.4, 0.5) is 4.79 Å². The Morgan fingerprint density at radius 1 is 1.41 bits per heavy atom. The van der Waals surface area contributed by atoms with Gasteiger partial charge in [0.15, 0.2) is 0 Å². The minimum atomic E-state index is -0.429. The molecule has 0 aromatic carbocycles. The molecule has 1 heterocycles. The molecule has 0 saturated carbocycles. The molecule has 100 valence electrons. The van der Waals surface area contributed by atoms with E-state index in [1.54, 1.807) is 0 Å². The molecule has 1 fully saturated rings. The molecule has 0 bridgehead atoms. The molecule has 0 unspecified atom stereocenters. The van der Waals surface area contributed by atoms with Crippen LogP contribution in [-0.2, 0) is 4.74 Å². The summed E-state index contributed by atoms with van der Waals surface area (Å²) >= 11 is 1.82. The Kier molecular flexibility index (Phi) is 4.07. The van der Waals surface area contributed by atoms with Gasteiger partial charge >= 0.3 is 6.09 Å². The molecule has 1 rings (SSSR count). The highest BCUT2D eigenvalue weighted by Crippen LogP contribution is 2.41. The predicted octanol–water partition coefficient (Wildman–Crippen LogP) is 3.73. The van der Waals surface area contributed by atoms with Gasteiger partial charge in [0, 0.05) is 11.8 Å². The zero-order chi connectivity index (χ0) is 13.4. The number of amides is 1. The normalized spacial score (nSPS) is 24.2. The molecule has 1 aliphatic rings. The van der Waals surface area contributed by atoms with E-state index in [0.717, 1.165) is 5.75 Å². The highest BCUT2D eigenvalue weighted by molar-refractivity contribution is 8.00. The molecule has 1 aliphatic heterocycles. The van der Waals surface area contributed by atoms with Crippen LogP contribution in [0.5, 0.6) is 0 Å². The fourth-order valence-electron chi connectivity index (χ4n) is 1.99. The number of nitrogens with zero attached hydrogens (tertiary/aromatic N) is 1. The Morgan fingerprint density at radius 3 is 2.35 bits per heavy atom. The average Bonchev–Trinajstić information content (AvgIpc) is 2.37. The molecule has 0 aromatic rings. The van der Waals surface area contributed by atoms with Crippen LogP contribution in [0, 0.1) is 5.92 Å². The van der Waals surface area contributed by atoms with E-state index in [0.29, 0.717) is 5.92 Å². The number of carbonyl (C=O) groups is 1. The van der Waals surface area contributed by atoms with Crippen LogP contribution in [-0.4, -0.2) is 33.3 Å². The van der Waals surface area contributed by atoms with Gasteiger partial charge in [0.05, 0.1) is 4.87 Å². The van der Waals surface area contributed by atoms with Crippen molar-refractivity contribution in [2.45, 2.75) is 65.0 Å². The third-order valence-electron chi connectivity index (χ3n) is 2.88. The highest BCUT2D eigenvalue weighted by Gasteiger charge is 2.46. The number of hydrogen-bond acceptors (Lipinski definition) is 3. The summed E-state index contributed by atoms with van der Waals surface area (Å²) in [6.45, 7) is 14.2. The van der Waals surface area contributed by atoms with Gasteiger partial charge in [-0.25, -0.2) is 4.79 Å². The summed E-state index contributed by atoms with van der Waals surface area (Å²) in [6, 6.07) is 0.268. The Balaban J connectivity index is 2.87. The average molecular weight is 259 g/mol. The Bertz CT molecular complexity index is 294. The van der Waals surface area contributed by atoms with Crippen molar-refractivity contribution >= 4 is 17.9 Å². The first-order valence-electron chi connectivity index (χ1n) is 6.21. The third kappa shape index (κ3) is 3.54. The van der Waals surface area contributed by atoms with Crippen molar-refractivity contribution in [2.75, 3.05) is 5.75 Å².